The molecule has 1 aromatic carbocycles. The van der Waals surface area contributed by atoms with Crippen molar-refractivity contribution in [1.29, 1.82) is 0 Å². The van der Waals surface area contributed by atoms with Crippen molar-refractivity contribution in [3.8, 4) is 11.5 Å². The number of benzene rings is 1. The number of carbonyl (C=O) groups excluding carboxylic acids is 1. The molecule has 3 rings (SSSR count). The number of cyclic esters (lactones) is 1. The highest BCUT2D eigenvalue weighted by Gasteiger charge is 2.28. The lowest BCUT2D eigenvalue weighted by atomic mass is 10.2. The minimum Gasteiger partial charge on any atom is -0.454 e. The first-order valence-electron chi connectivity index (χ1n) is 5.86. The Morgan fingerprint density at radius 2 is 2.17 bits per heavy atom. The van der Waals surface area contributed by atoms with E-state index in [1.165, 1.54) is 0 Å². The van der Waals surface area contributed by atoms with Gasteiger partial charge in [0.15, 0.2) is 11.5 Å². The standard InChI is InChI=1S/C12H14N2O4/c13-6-9-3-4-14(12(15)18-9)8-1-2-10-11(5-8)17-7-16-10/h1-2,5,9H,3-4,6-7,13H2. The zero-order chi connectivity index (χ0) is 12.5. The van der Waals surface area contributed by atoms with Gasteiger partial charge in [-0.3, -0.25) is 4.90 Å². The van der Waals surface area contributed by atoms with E-state index in [1.54, 1.807) is 17.0 Å². The van der Waals surface area contributed by atoms with E-state index in [0.717, 1.165) is 12.1 Å². The normalized spacial score (nSPS) is 21.9. The molecule has 2 N–H and O–H groups in total. The van der Waals surface area contributed by atoms with E-state index in [9.17, 15) is 4.79 Å². The van der Waals surface area contributed by atoms with Gasteiger partial charge in [-0.1, -0.05) is 0 Å². The molecule has 1 saturated heterocycles. The average Bonchev–Trinajstić information content (AvgIpc) is 2.85. The molecule has 1 unspecified atom stereocenters. The van der Waals surface area contributed by atoms with Gasteiger partial charge in [0.2, 0.25) is 6.79 Å². The second kappa shape index (κ2) is 4.38. The van der Waals surface area contributed by atoms with Gasteiger partial charge in [-0.2, -0.15) is 0 Å². The topological polar surface area (TPSA) is 74.0 Å². The molecule has 2 aliphatic heterocycles. The number of rotatable bonds is 2. The summed E-state index contributed by atoms with van der Waals surface area (Å²) in [5.41, 5.74) is 6.24. The highest BCUT2D eigenvalue weighted by atomic mass is 16.7. The van der Waals surface area contributed by atoms with E-state index >= 15 is 0 Å². The van der Waals surface area contributed by atoms with E-state index in [1.807, 2.05) is 6.07 Å². The summed E-state index contributed by atoms with van der Waals surface area (Å²) in [6.07, 6.45) is 0.190. The van der Waals surface area contributed by atoms with Crippen LogP contribution in [0.1, 0.15) is 6.42 Å². The minimum absolute atomic E-state index is 0.178. The molecule has 0 aromatic heterocycles. The first-order valence-corrected chi connectivity index (χ1v) is 5.86. The second-order valence-electron chi connectivity index (χ2n) is 4.22. The van der Waals surface area contributed by atoms with Gasteiger partial charge in [0, 0.05) is 25.6 Å². The smallest absolute Gasteiger partial charge is 0.414 e. The Balaban J connectivity index is 1.81. The van der Waals surface area contributed by atoms with Crippen LogP contribution in [0.4, 0.5) is 10.5 Å². The van der Waals surface area contributed by atoms with Crippen LogP contribution in [0.15, 0.2) is 18.2 Å². The molecule has 0 spiro atoms. The lowest BCUT2D eigenvalue weighted by molar-refractivity contribution is 0.0888. The molecule has 2 aliphatic rings. The highest BCUT2D eigenvalue weighted by molar-refractivity contribution is 5.89. The average molecular weight is 250 g/mol. The SMILES string of the molecule is NCC1CCN(c2ccc3c(c2)OCO3)C(=O)O1. The summed E-state index contributed by atoms with van der Waals surface area (Å²) in [5.74, 6) is 1.35. The molecule has 96 valence electrons. The molecule has 18 heavy (non-hydrogen) atoms. The van der Waals surface area contributed by atoms with Crippen LogP contribution in [-0.4, -0.2) is 32.1 Å². The third kappa shape index (κ3) is 1.84. The minimum atomic E-state index is -0.365. The summed E-state index contributed by atoms with van der Waals surface area (Å²) >= 11 is 0. The van der Waals surface area contributed by atoms with Gasteiger partial charge in [0.25, 0.3) is 0 Å². The van der Waals surface area contributed by atoms with Gasteiger partial charge < -0.3 is 19.9 Å². The predicted molar refractivity (Wildman–Crippen MR) is 63.9 cm³/mol. The molecule has 1 amide bonds. The van der Waals surface area contributed by atoms with Gasteiger partial charge >= 0.3 is 6.09 Å². The maximum atomic E-state index is 11.8. The Labute approximate surface area is 104 Å². The maximum absolute atomic E-state index is 11.8. The second-order valence-corrected chi connectivity index (χ2v) is 4.22. The summed E-state index contributed by atoms with van der Waals surface area (Å²) in [6, 6.07) is 5.39. The van der Waals surface area contributed by atoms with Crippen molar-refractivity contribution in [2.24, 2.45) is 5.73 Å². The van der Waals surface area contributed by atoms with E-state index < -0.39 is 0 Å². The monoisotopic (exact) mass is 250 g/mol. The molecule has 0 saturated carbocycles. The molecule has 1 atom stereocenters. The number of amides is 1. The number of anilines is 1. The summed E-state index contributed by atoms with van der Waals surface area (Å²) < 4.78 is 15.7. The van der Waals surface area contributed by atoms with Gasteiger partial charge in [-0.15, -0.1) is 0 Å². The Hall–Kier alpha value is -1.95. The first-order chi connectivity index (χ1) is 8.78. The predicted octanol–water partition coefficient (Wildman–Crippen LogP) is 1.09. The first kappa shape index (κ1) is 11.2. The number of ether oxygens (including phenoxy) is 3. The van der Waals surface area contributed by atoms with Crippen molar-refractivity contribution in [2.75, 3.05) is 24.8 Å². The Morgan fingerprint density at radius 1 is 1.33 bits per heavy atom. The van der Waals surface area contributed by atoms with Gasteiger partial charge in [-0.05, 0) is 12.1 Å². The Bertz CT molecular complexity index is 477. The number of carbonyl (C=O) groups is 1. The van der Waals surface area contributed by atoms with E-state index in [-0.39, 0.29) is 19.0 Å². The number of fused-ring (bicyclic) bond motifs is 1. The Morgan fingerprint density at radius 3 is 2.94 bits per heavy atom. The van der Waals surface area contributed by atoms with Crippen LogP contribution in [0.2, 0.25) is 0 Å². The Kier molecular flexibility index (Phi) is 2.71. The van der Waals surface area contributed by atoms with Crippen LogP contribution in [0, 0.1) is 0 Å². The van der Waals surface area contributed by atoms with Crippen LogP contribution in [-0.2, 0) is 4.74 Å². The van der Waals surface area contributed by atoms with Crippen molar-refractivity contribution in [2.45, 2.75) is 12.5 Å². The van der Waals surface area contributed by atoms with Crippen molar-refractivity contribution in [1.82, 2.24) is 0 Å². The molecular weight excluding hydrogens is 236 g/mol. The summed E-state index contributed by atoms with van der Waals surface area (Å²) in [5, 5.41) is 0. The summed E-state index contributed by atoms with van der Waals surface area (Å²) in [4.78, 5) is 13.4. The van der Waals surface area contributed by atoms with Crippen LogP contribution in [0.5, 0.6) is 11.5 Å². The molecule has 1 fully saturated rings. The third-order valence-electron chi connectivity index (χ3n) is 3.09. The lowest BCUT2D eigenvalue weighted by Gasteiger charge is -2.31. The molecule has 6 nitrogen and oxygen atoms in total. The largest absolute Gasteiger partial charge is 0.454 e. The number of hydrogen-bond acceptors (Lipinski definition) is 5. The zero-order valence-corrected chi connectivity index (χ0v) is 9.80. The van der Waals surface area contributed by atoms with Gasteiger partial charge in [0.05, 0.1) is 5.69 Å². The van der Waals surface area contributed by atoms with E-state index in [4.69, 9.17) is 19.9 Å². The molecule has 0 aliphatic carbocycles. The van der Waals surface area contributed by atoms with Crippen LogP contribution in [0.3, 0.4) is 0 Å². The van der Waals surface area contributed by atoms with Gasteiger partial charge in [0.1, 0.15) is 6.10 Å². The van der Waals surface area contributed by atoms with Crippen molar-refractivity contribution in [3.05, 3.63) is 18.2 Å². The number of hydrogen-bond donors (Lipinski definition) is 1. The summed E-state index contributed by atoms with van der Waals surface area (Å²) in [7, 11) is 0. The molecular formula is C12H14N2O4. The summed E-state index contributed by atoms with van der Waals surface area (Å²) in [6.45, 7) is 1.18. The molecule has 1 aromatic rings. The molecule has 2 heterocycles. The van der Waals surface area contributed by atoms with Crippen LogP contribution >= 0.6 is 0 Å². The fraction of sp³-hybridized carbons (Fsp3) is 0.417. The zero-order valence-electron chi connectivity index (χ0n) is 9.80. The number of nitrogens with zero attached hydrogens (tertiary/aromatic N) is 1. The van der Waals surface area contributed by atoms with Crippen molar-refractivity contribution in [3.63, 3.8) is 0 Å². The van der Waals surface area contributed by atoms with Crippen LogP contribution < -0.4 is 20.1 Å². The fourth-order valence-corrected chi connectivity index (χ4v) is 2.08. The fourth-order valence-electron chi connectivity index (χ4n) is 2.08. The molecule has 6 heteroatoms. The quantitative estimate of drug-likeness (QED) is 0.850. The number of nitrogens with two attached hydrogens (primary N) is 1. The lowest BCUT2D eigenvalue weighted by Crippen LogP contribution is -2.44. The van der Waals surface area contributed by atoms with Crippen LogP contribution in [0.25, 0.3) is 0 Å². The molecule has 0 bridgehead atoms. The van der Waals surface area contributed by atoms with E-state index in [0.29, 0.717) is 24.6 Å². The maximum Gasteiger partial charge on any atom is 0.414 e. The third-order valence-corrected chi connectivity index (χ3v) is 3.09. The molecule has 0 radical (unpaired) electrons. The highest BCUT2D eigenvalue weighted by Crippen LogP contribution is 2.36. The van der Waals surface area contributed by atoms with Gasteiger partial charge in [-0.25, -0.2) is 4.79 Å². The van der Waals surface area contributed by atoms with Crippen molar-refractivity contribution >= 4 is 11.8 Å². The van der Waals surface area contributed by atoms with E-state index in [2.05, 4.69) is 0 Å². The van der Waals surface area contributed by atoms with Crippen molar-refractivity contribution < 1.29 is 19.0 Å².